The molecule has 2 saturated carbocycles. The van der Waals surface area contributed by atoms with E-state index < -0.39 is 46.3 Å². The lowest BCUT2D eigenvalue weighted by atomic mass is 9.81. The number of nitrogens with zero attached hydrogens (tertiary/aromatic N) is 3. The third-order valence-corrected chi connectivity index (χ3v) is 7.74. The number of hydrogen-bond donors (Lipinski definition) is 0. The Labute approximate surface area is 201 Å². The lowest BCUT2D eigenvalue weighted by Crippen LogP contribution is -2.56. The lowest BCUT2D eigenvalue weighted by Gasteiger charge is -2.35. The number of hydrazine groups is 1. The average Bonchev–Trinajstić information content (AvgIpc) is 3.54. The maximum atomic E-state index is 13.7. The van der Waals surface area contributed by atoms with Crippen LogP contribution in [0.1, 0.15) is 52.5 Å². The minimum atomic E-state index is -1.15. The second kappa shape index (κ2) is 8.41. The molecule has 2 aliphatic carbocycles. The van der Waals surface area contributed by atoms with Crippen molar-refractivity contribution in [3.8, 4) is 0 Å². The molecule has 3 fully saturated rings. The quantitative estimate of drug-likeness (QED) is 0.273. The Hall–Kier alpha value is -3.88. The summed E-state index contributed by atoms with van der Waals surface area (Å²) in [6.07, 6.45) is 2.61. The predicted octanol–water partition coefficient (Wildman–Crippen LogP) is 3.56. The van der Waals surface area contributed by atoms with E-state index in [1.807, 2.05) is 6.92 Å². The summed E-state index contributed by atoms with van der Waals surface area (Å²) < 4.78 is 0. The molecule has 0 spiro atoms. The largest absolute Gasteiger partial charge is 0.292 e. The van der Waals surface area contributed by atoms with Crippen LogP contribution in [-0.4, -0.2) is 44.5 Å². The molecule has 3 amide bonds. The van der Waals surface area contributed by atoms with E-state index in [0.717, 1.165) is 34.8 Å². The number of ketones is 1. The number of benzene rings is 2. The highest BCUT2D eigenvalue weighted by atomic mass is 16.6. The first-order chi connectivity index (χ1) is 16.7. The molecule has 5 atom stereocenters. The first-order valence-electron chi connectivity index (χ1n) is 11.8. The standard InChI is InChI=1S/C26H25N3O6/c1-14-3-5-16(6-4-14)23(30)15(2)27(24(31)17-9-11-20(12-10-17)29(34)35)28-25(32)21-18-7-8-19(13-18)22(21)26(28)33/h3-6,9-12,15,18-19,21-22H,7-8,13H2,1-2H3/t15-,18-,19-,21-,22-/m0/s1. The van der Waals surface area contributed by atoms with Gasteiger partial charge >= 0.3 is 0 Å². The molecular formula is C26H25N3O6. The Morgan fingerprint density at radius 3 is 1.97 bits per heavy atom. The second-order valence-electron chi connectivity index (χ2n) is 9.73. The fraction of sp³-hybridized carbons (Fsp3) is 0.385. The molecule has 2 aromatic rings. The van der Waals surface area contributed by atoms with E-state index in [0.29, 0.717) is 5.56 Å². The van der Waals surface area contributed by atoms with E-state index in [1.165, 1.54) is 31.2 Å². The van der Waals surface area contributed by atoms with Crippen molar-refractivity contribution in [3.05, 3.63) is 75.3 Å². The van der Waals surface area contributed by atoms with E-state index in [2.05, 4.69) is 0 Å². The van der Waals surface area contributed by atoms with E-state index >= 15 is 0 Å². The maximum Gasteiger partial charge on any atom is 0.273 e. The molecule has 5 rings (SSSR count). The van der Waals surface area contributed by atoms with Crippen molar-refractivity contribution in [3.63, 3.8) is 0 Å². The fourth-order valence-corrected chi connectivity index (χ4v) is 5.97. The van der Waals surface area contributed by atoms with Crippen molar-refractivity contribution >= 4 is 29.2 Å². The number of imide groups is 1. The molecule has 9 nitrogen and oxygen atoms in total. The van der Waals surface area contributed by atoms with Gasteiger partial charge in [-0.3, -0.25) is 29.3 Å². The first-order valence-corrected chi connectivity index (χ1v) is 11.8. The molecule has 0 N–H and O–H groups in total. The van der Waals surface area contributed by atoms with Gasteiger partial charge in [0.05, 0.1) is 16.8 Å². The van der Waals surface area contributed by atoms with Crippen LogP contribution in [0.25, 0.3) is 0 Å². The number of fused-ring (bicyclic) bond motifs is 5. The van der Waals surface area contributed by atoms with Gasteiger partial charge in [0.2, 0.25) is 0 Å². The van der Waals surface area contributed by atoms with Gasteiger partial charge in [-0.1, -0.05) is 29.8 Å². The van der Waals surface area contributed by atoms with Crippen LogP contribution in [-0.2, 0) is 9.59 Å². The molecule has 3 aliphatic rings. The molecule has 2 aromatic carbocycles. The first kappa shape index (κ1) is 22.9. The van der Waals surface area contributed by atoms with Gasteiger partial charge in [-0.15, -0.1) is 0 Å². The Morgan fingerprint density at radius 1 is 0.943 bits per heavy atom. The zero-order valence-electron chi connectivity index (χ0n) is 19.4. The number of rotatable bonds is 6. The average molecular weight is 476 g/mol. The molecule has 9 heteroatoms. The van der Waals surface area contributed by atoms with Gasteiger partial charge in [-0.2, -0.15) is 5.01 Å². The van der Waals surface area contributed by atoms with E-state index in [9.17, 15) is 29.3 Å². The van der Waals surface area contributed by atoms with Crippen LogP contribution in [0.2, 0.25) is 0 Å². The van der Waals surface area contributed by atoms with Crippen LogP contribution in [0.5, 0.6) is 0 Å². The van der Waals surface area contributed by atoms with Gasteiger partial charge in [-0.05, 0) is 57.1 Å². The van der Waals surface area contributed by atoms with Crippen LogP contribution in [0.4, 0.5) is 5.69 Å². The number of Topliss-reactive ketones (excluding diaryl/α,β-unsaturated/α-hetero) is 1. The van der Waals surface area contributed by atoms with Crippen molar-refractivity contribution in [2.45, 2.75) is 39.2 Å². The zero-order chi connectivity index (χ0) is 25.0. The monoisotopic (exact) mass is 475 g/mol. The van der Waals surface area contributed by atoms with Gasteiger partial charge in [-0.25, -0.2) is 5.01 Å². The number of amides is 3. The molecule has 1 aliphatic heterocycles. The normalized spacial score (nSPS) is 25.5. The summed E-state index contributed by atoms with van der Waals surface area (Å²) >= 11 is 0. The Morgan fingerprint density at radius 2 is 1.46 bits per heavy atom. The number of carbonyl (C=O) groups is 4. The highest BCUT2D eigenvalue weighted by molar-refractivity contribution is 6.10. The summed E-state index contributed by atoms with van der Waals surface area (Å²) in [4.78, 5) is 64.6. The summed E-state index contributed by atoms with van der Waals surface area (Å²) in [7, 11) is 0. The SMILES string of the molecule is Cc1ccc(C(=O)[C@H](C)N(C(=O)c2ccc([N+](=O)[O-])cc2)N2C(=O)[C@H]3[C@H]4CC[C@@H](C4)[C@@H]3C2=O)cc1. The molecule has 0 unspecified atom stereocenters. The van der Waals surface area contributed by atoms with Crippen LogP contribution in [0.3, 0.4) is 0 Å². The number of nitro benzene ring substituents is 1. The fourth-order valence-electron chi connectivity index (χ4n) is 5.97. The van der Waals surface area contributed by atoms with Gasteiger partial charge < -0.3 is 0 Å². The minimum absolute atomic E-state index is 0.0415. The third-order valence-electron chi connectivity index (χ3n) is 7.74. The maximum absolute atomic E-state index is 13.7. The second-order valence-corrected chi connectivity index (χ2v) is 9.73. The van der Waals surface area contributed by atoms with Crippen molar-refractivity contribution in [1.82, 2.24) is 10.0 Å². The summed E-state index contributed by atoms with van der Waals surface area (Å²) in [5.74, 6) is -2.72. The van der Waals surface area contributed by atoms with E-state index in [4.69, 9.17) is 0 Å². The molecule has 35 heavy (non-hydrogen) atoms. The van der Waals surface area contributed by atoms with E-state index in [1.54, 1.807) is 24.3 Å². The molecule has 0 radical (unpaired) electrons. The van der Waals surface area contributed by atoms with Crippen molar-refractivity contribution in [2.24, 2.45) is 23.7 Å². The van der Waals surface area contributed by atoms with Crippen LogP contribution in [0.15, 0.2) is 48.5 Å². The molecular weight excluding hydrogens is 450 g/mol. The Bertz CT molecular complexity index is 1210. The van der Waals surface area contributed by atoms with Crippen molar-refractivity contribution in [1.29, 1.82) is 0 Å². The van der Waals surface area contributed by atoms with Gasteiger partial charge in [0.25, 0.3) is 23.4 Å². The van der Waals surface area contributed by atoms with Gasteiger partial charge in [0, 0.05) is 23.3 Å². The summed E-state index contributed by atoms with van der Waals surface area (Å²) in [6, 6.07) is 10.6. The Balaban J connectivity index is 1.53. The topological polar surface area (TPSA) is 118 Å². The number of nitro groups is 1. The van der Waals surface area contributed by atoms with Crippen molar-refractivity contribution in [2.75, 3.05) is 0 Å². The lowest BCUT2D eigenvalue weighted by molar-refractivity contribution is -0.384. The predicted molar refractivity (Wildman–Crippen MR) is 124 cm³/mol. The van der Waals surface area contributed by atoms with Crippen LogP contribution < -0.4 is 0 Å². The van der Waals surface area contributed by atoms with Gasteiger partial charge in [0.15, 0.2) is 5.78 Å². The molecule has 180 valence electrons. The number of hydrogen-bond acceptors (Lipinski definition) is 6. The highest BCUT2D eigenvalue weighted by Gasteiger charge is 2.63. The molecule has 1 saturated heterocycles. The molecule has 0 aromatic heterocycles. The van der Waals surface area contributed by atoms with Gasteiger partial charge in [0.1, 0.15) is 6.04 Å². The number of non-ortho nitro benzene ring substituents is 1. The molecule has 2 bridgehead atoms. The summed E-state index contributed by atoms with van der Waals surface area (Å²) in [5.41, 5.74) is 1.15. The van der Waals surface area contributed by atoms with Crippen molar-refractivity contribution < 1.29 is 24.1 Å². The third kappa shape index (κ3) is 3.62. The summed E-state index contributed by atoms with van der Waals surface area (Å²) in [6.45, 7) is 3.38. The smallest absolute Gasteiger partial charge is 0.273 e. The zero-order valence-corrected chi connectivity index (χ0v) is 19.4. The van der Waals surface area contributed by atoms with E-state index in [-0.39, 0.29) is 23.1 Å². The number of carbonyl (C=O) groups excluding carboxylic acids is 4. The summed E-state index contributed by atoms with van der Waals surface area (Å²) in [5, 5.41) is 12.9. The minimum Gasteiger partial charge on any atom is -0.292 e. The van der Waals surface area contributed by atoms with Crippen LogP contribution >= 0.6 is 0 Å². The number of aryl methyl sites for hydroxylation is 1. The highest BCUT2D eigenvalue weighted by Crippen LogP contribution is 2.56. The Kier molecular flexibility index (Phi) is 5.50. The molecule has 1 heterocycles. The van der Waals surface area contributed by atoms with Crippen LogP contribution in [0, 0.1) is 40.7 Å².